The molecule has 0 aromatic carbocycles. The first-order chi connectivity index (χ1) is 11.0. The maximum Gasteiger partial charge on any atom is 0.238 e. The summed E-state index contributed by atoms with van der Waals surface area (Å²) in [6.45, 7) is 5.21. The number of aromatic nitrogens is 4. The first kappa shape index (κ1) is 15.7. The smallest absolute Gasteiger partial charge is 0.238 e. The predicted octanol–water partition coefficient (Wildman–Crippen LogP) is 1.55. The van der Waals surface area contributed by atoms with Crippen LogP contribution in [0.3, 0.4) is 0 Å². The number of likely N-dealkylation sites (tertiary alicyclic amines) is 1. The van der Waals surface area contributed by atoms with Gasteiger partial charge in [0.15, 0.2) is 0 Å². The number of anilines is 1. The topological polar surface area (TPSA) is 68.0 Å². The summed E-state index contributed by atoms with van der Waals surface area (Å²) < 4.78 is 3.60. The van der Waals surface area contributed by atoms with Gasteiger partial charge >= 0.3 is 0 Å². The van der Waals surface area contributed by atoms with Crippen LogP contribution in [0, 0.1) is 13.8 Å². The van der Waals surface area contributed by atoms with Gasteiger partial charge in [0, 0.05) is 31.9 Å². The molecule has 1 atom stereocenters. The van der Waals surface area contributed by atoms with Gasteiger partial charge in [-0.2, -0.15) is 10.2 Å². The van der Waals surface area contributed by atoms with E-state index in [-0.39, 0.29) is 11.9 Å². The standard InChI is InChI=1S/C16H24N6O/c1-11-16(12(2)21(4)19-11)18-15(23)10-22-7-5-6-14(22)13-8-17-20(3)9-13/h8-9,14H,5-7,10H2,1-4H3,(H,18,23)/t14-/m1/s1. The zero-order valence-electron chi connectivity index (χ0n) is 14.2. The second-order valence-corrected chi connectivity index (χ2v) is 6.29. The molecule has 124 valence electrons. The van der Waals surface area contributed by atoms with Gasteiger partial charge in [-0.1, -0.05) is 0 Å². The Morgan fingerprint density at radius 3 is 2.78 bits per heavy atom. The summed E-state index contributed by atoms with van der Waals surface area (Å²) >= 11 is 0. The highest BCUT2D eigenvalue weighted by atomic mass is 16.2. The molecule has 0 spiro atoms. The minimum absolute atomic E-state index is 0.0139. The van der Waals surface area contributed by atoms with Crippen molar-refractivity contribution in [2.45, 2.75) is 32.7 Å². The highest BCUT2D eigenvalue weighted by Crippen LogP contribution is 2.31. The van der Waals surface area contributed by atoms with Crippen molar-refractivity contribution >= 4 is 11.6 Å². The summed E-state index contributed by atoms with van der Waals surface area (Å²) in [5, 5.41) is 11.6. The van der Waals surface area contributed by atoms with E-state index in [2.05, 4.69) is 20.4 Å². The molecule has 3 rings (SSSR count). The first-order valence-electron chi connectivity index (χ1n) is 7.98. The number of hydrogen-bond acceptors (Lipinski definition) is 4. The van der Waals surface area contributed by atoms with Crippen molar-refractivity contribution in [2.24, 2.45) is 14.1 Å². The lowest BCUT2D eigenvalue weighted by Crippen LogP contribution is -2.33. The molecule has 0 aliphatic carbocycles. The molecular weight excluding hydrogens is 292 g/mol. The van der Waals surface area contributed by atoms with Gasteiger partial charge < -0.3 is 5.32 Å². The van der Waals surface area contributed by atoms with E-state index in [0.717, 1.165) is 36.5 Å². The fourth-order valence-corrected chi connectivity index (χ4v) is 3.32. The lowest BCUT2D eigenvalue weighted by molar-refractivity contribution is -0.117. The number of nitrogens with zero attached hydrogens (tertiary/aromatic N) is 5. The minimum atomic E-state index is 0.0139. The maximum atomic E-state index is 12.5. The first-order valence-corrected chi connectivity index (χ1v) is 7.98. The molecule has 0 bridgehead atoms. The van der Waals surface area contributed by atoms with Crippen LogP contribution in [0.2, 0.25) is 0 Å². The van der Waals surface area contributed by atoms with Crippen LogP contribution in [0.15, 0.2) is 12.4 Å². The number of carbonyl (C=O) groups excluding carboxylic acids is 1. The van der Waals surface area contributed by atoms with Crippen LogP contribution in [-0.4, -0.2) is 43.5 Å². The lowest BCUT2D eigenvalue weighted by atomic mass is 10.1. The molecule has 1 saturated heterocycles. The molecule has 1 aliphatic rings. The molecule has 3 heterocycles. The van der Waals surface area contributed by atoms with Crippen LogP contribution in [0.4, 0.5) is 5.69 Å². The van der Waals surface area contributed by atoms with E-state index in [1.165, 1.54) is 5.56 Å². The van der Waals surface area contributed by atoms with Crippen LogP contribution in [0.1, 0.15) is 35.8 Å². The normalized spacial score (nSPS) is 18.5. The van der Waals surface area contributed by atoms with Crippen molar-refractivity contribution in [3.8, 4) is 0 Å². The van der Waals surface area contributed by atoms with Gasteiger partial charge in [-0.05, 0) is 33.2 Å². The van der Waals surface area contributed by atoms with Crippen LogP contribution in [-0.2, 0) is 18.9 Å². The number of hydrogen-bond donors (Lipinski definition) is 1. The number of aryl methyl sites for hydroxylation is 3. The summed E-state index contributed by atoms with van der Waals surface area (Å²) in [6, 6.07) is 0.283. The summed E-state index contributed by atoms with van der Waals surface area (Å²) in [7, 11) is 3.81. The number of carbonyl (C=O) groups is 1. The molecule has 2 aromatic rings. The molecule has 7 heteroatoms. The van der Waals surface area contributed by atoms with Gasteiger partial charge in [-0.3, -0.25) is 19.1 Å². The molecule has 0 unspecified atom stereocenters. The van der Waals surface area contributed by atoms with Crippen molar-refractivity contribution in [1.29, 1.82) is 0 Å². The largest absolute Gasteiger partial charge is 0.322 e. The Kier molecular flexibility index (Phi) is 4.21. The molecule has 23 heavy (non-hydrogen) atoms. The van der Waals surface area contributed by atoms with Crippen molar-refractivity contribution in [2.75, 3.05) is 18.4 Å². The fourth-order valence-electron chi connectivity index (χ4n) is 3.32. The second kappa shape index (κ2) is 6.16. The Morgan fingerprint density at radius 2 is 2.17 bits per heavy atom. The van der Waals surface area contributed by atoms with Gasteiger partial charge in [-0.25, -0.2) is 0 Å². The molecule has 1 amide bonds. The molecule has 7 nitrogen and oxygen atoms in total. The molecular formula is C16H24N6O. The fraction of sp³-hybridized carbons (Fsp3) is 0.562. The third-order valence-corrected chi connectivity index (χ3v) is 4.59. The summed E-state index contributed by atoms with van der Waals surface area (Å²) in [4.78, 5) is 14.7. The van der Waals surface area contributed by atoms with Crippen LogP contribution in [0.5, 0.6) is 0 Å². The molecule has 0 radical (unpaired) electrons. The Balaban J connectivity index is 1.67. The van der Waals surface area contributed by atoms with Crippen LogP contribution in [0.25, 0.3) is 0 Å². The predicted molar refractivity (Wildman–Crippen MR) is 88.1 cm³/mol. The van der Waals surface area contributed by atoms with E-state index < -0.39 is 0 Å². The van der Waals surface area contributed by atoms with Gasteiger partial charge in [0.25, 0.3) is 0 Å². The lowest BCUT2D eigenvalue weighted by Gasteiger charge is -2.22. The van der Waals surface area contributed by atoms with Crippen LogP contribution < -0.4 is 5.32 Å². The average molecular weight is 316 g/mol. The molecule has 1 fully saturated rings. The maximum absolute atomic E-state index is 12.5. The SMILES string of the molecule is Cc1nn(C)c(C)c1NC(=O)CN1CCC[C@@H]1c1cnn(C)c1. The second-order valence-electron chi connectivity index (χ2n) is 6.29. The summed E-state index contributed by atoms with van der Waals surface area (Å²) in [5.74, 6) is 0.0139. The van der Waals surface area contributed by atoms with Crippen molar-refractivity contribution < 1.29 is 4.79 Å². The van der Waals surface area contributed by atoms with Gasteiger partial charge in [0.2, 0.25) is 5.91 Å². The third-order valence-electron chi connectivity index (χ3n) is 4.59. The Hall–Kier alpha value is -2.15. The summed E-state index contributed by atoms with van der Waals surface area (Å²) in [5.41, 5.74) is 3.84. The van der Waals surface area contributed by atoms with Crippen molar-refractivity contribution in [3.63, 3.8) is 0 Å². The van der Waals surface area contributed by atoms with Gasteiger partial charge in [0.1, 0.15) is 0 Å². The Bertz CT molecular complexity index is 716. The van der Waals surface area contributed by atoms with E-state index in [1.807, 2.05) is 45.0 Å². The zero-order chi connectivity index (χ0) is 16.6. The highest BCUT2D eigenvalue weighted by molar-refractivity contribution is 5.93. The average Bonchev–Trinajstić information content (AvgIpc) is 3.16. The third kappa shape index (κ3) is 3.14. The molecule has 1 N–H and O–H groups in total. The van der Waals surface area contributed by atoms with Gasteiger partial charge in [-0.15, -0.1) is 0 Å². The zero-order valence-corrected chi connectivity index (χ0v) is 14.2. The van der Waals surface area contributed by atoms with Crippen LogP contribution >= 0.6 is 0 Å². The molecule has 0 saturated carbocycles. The molecule has 2 aromatic heterocycles. The highest BCUT2D eigenvalue weighted by Gasteiger charge is 2.28. The van der Waals surface area contributed by atoms with Gasteiger partial charge in [0.05, 0.1) is 29.8 Å². The minimum Gasteiger partial charge on any atom is -0.322 e. The monoisotopic (exact) mass is 316 g/mol. The van der Waals surface area contributed by atoms with E-state index in [0.29, 0.717) is 6.54 Å². The number of amides is 1. The Labute approximate surface area is 136 Å². The quantitative estimate of drug-likeness (QED) is 0.929. The van der Waals surface area contributed by atoms with Crippen molar-refractivity contribution in [3.05, 3.63) is 29.3 Å². The van der Waals surface area contributed by atoms with E-state index >= 15 is 0 Å². The summed E-state index contributed by atoms with van der Waals surface area (Å²) in [6.07, 6.45) is 6.12. The van der Waals surface area contributed by atoms with Crippen molar-refractivity contribution in [1.82, 2.24) is 24.5 Å². The molecule has 1 aliphatic heterocycles. The van der Waals surface area contributed by atoms with E-state index in [1.54, 1.807) is 4.68 Å². The number of nitrogens with one attached hydrogen (secondary N) is 1. The number of rotatable bonds is 4. The van der Waals surface area contributed by atoms with E-state index in [4.69, 9.17) is 0 Å². The van der Waals surface area contributed by atoms with E-state index in [9.17, 15) is 4.79 Å². The Morgan fingerprint density at radius 1 is 1.39 bits per heavy atom.